The van der Waals surface area contributed by atoms with Crippen molar-refractivity contribution in [1.29, 1.82) is 0 Å². The third kappa shape index (κ3) is 2.86. The summed E-state index contributed by atoms with van der Waals surface area (Å²) < 4.78 is 0. The standard InChI is InChI=1S/C11H17N5O2/c12-6-4-2-1-3-5-7-13-8-9(14-7)15-11(18)16-10(8)17/h1-6,12H2,(H3,13,14,15,16,17,18). The second-order valence-corrected chi connectivity index (χ2v) is 4.27. The van der Waals surface area contributed by atoms with E-state index in [9.17, 15) is 9.59 Å². The van der Waals surface area contributed by atoms with Gasteiger partial charge in [-0.3, -0.25) is 14.8 Å². The third-order valence-corrected chi connectivity index (χ3v) is 2.81. The van der Waals surface area contributed by atoms with Gasteiger partial charge in [0.2, 0.25) is 0 Å². The highest BCUT2D eigenvalue weighted by Gasteiger charge is 2.06. The number of hydrogen-bond acceptors (Lipinski definition) is 4. The van der Waals surface area contributed by atoms with Crippen molar-refractivity contribution in [3.8, 4) is 0 Å². The fourth-order valence-corrected chi connectivity index (χ4v) is 1.89. The molecule has 2 heterocycles. The highest BCUT2D eigenvalue weighted by Crippen LogP contribution is 2.07. The molecule has 0 aliphatic carbocycles. The number of nitrogens with one attached hydrogen (secondary N) is 3. The molecule has 7 heteroatoms. The molecular formula is C11H17N5O2. The maximum absolute atomic E-state index is 11.5. The topological polar surface area (TPSA) is 120 Å². The number of nitrogens with zero attached hydrogens (tertiary/aromatic N) is 1. The normalized spacial score (nSPS) is 11.2. The van der Waals surface area contributed by atoms with Crippen LogP contribution in [-0.2, 0) is 6.42 Å². The zero-order chi connectivity index (χ0) is 13.0. The predicted molar refractivity (Wildman–Crippen MR) is 68.6 cm³/mol. The first-order chi connectivity index (χ1) is 8.70. The van der Waals surface area contributed by atoms with Crippen molar-refractivity contribution in [3.05, 3.63) is 26.7 Å². The molecule has 0 saturated heterocycles. The highest BCUT2D eigenvalue weighted by molar-refractivity contribution is 5.68. The number of imidazole rings is 1. The van der Waals surface area contributed by atoms with Crippen molar-refractivity contribution in [2.75, 3.05) is 6.54 Å². The van der Waals surface area contributed by atoms with E-state index in [0.29, 0.717) is 11.2 Å². The van der Waals surface area contributed by atoms with Crippen LogP contribution in [0.1, 0.15) is 31.5 Å². The highest BCUT2D eigenvalue weighted by atomic mass is 16.2. The number of fused-ring (bicyclic) bond motifs is 1. The first-order valence-electron chi connectivity index (χ1n) is 6.12. The number of aromatic nitrogens is 4. The van der Waals surface area contributed by atoms with Crippen molar-refractivity contribution < 1.29 is 0 Å². The largest absolute Gasteiger partial charge is 0.336 e. The van der Waals surface area contributed by atoms with Crippen LogP contribution < -0.4 is 17.0 Å². The molecule has 0 fully saturated rings. The molecule has 5 N–H and O–H groups in total. The quantitative estimate of drug-likeness (QED) is 0.540. The molecule has 0 aromatic carbocycles. The van der Waals surface area contributed by atoms with Crippen LogP contribution in [0.5, 0.6) is 0 Å². The van der Waals surface area contributed by atoms with E-state index in [-0.39, 0.29) is 0 Å². The maximum atomic E-state index is 11.5. The molecule has 98 valence electrons. The molecule has 0 spiro atoms. The summed E-state index contributed by atoms with van der Waals surface area (Å²) in [5.41, 5.74) is 5.09. The summed E-state index contributed by atoms with van der Waals surface area (Å²) in [7, 11) is 0. The first-order valence-corrected chi connectivity index (χ1v) is 6.12. The second-order valence-electron chi connectivity index (χ2n) is 4.27. The lowest BCUT2D eigenvalue weighted by atomic mass is 10.1. The summed E-state index contributed by atoms with van der Waals surface area (Å²) in [6, 6.07) is 0. The smallest absolute Gasteiger partial charge is 0.327 e. The van der Waals surface area contributed by atoms with Gasteiger partial charge in [0.25, 0.3) is 5.56 Å². The maximum Gasteiger partial charge on any atom is 0.327 e. The fourth-order valence-electron chi connectivity index (χ4n) is 1.89. The van der Waals surface area contributed by atoms with Crippen LogP contribution in [0.4, 0.5) is 0 Å². The summed E-state index contributed by atoms with van der Waals surface area (Å²) in [4.78, 5) is 34.3. The van der Waals surface area contributed by atoms with E-state index in [1.807, 2.05) is 0 Å². The average molecular weight is 251 g/mol. The monoisotopic (exact) mass is 251 g/mol. The van der Waals surface area contributed by atoms with Crippen molar-refractivity contribution in [2.45, 2.75) is 32.1 Å². The Morgan fingerprint density at radius 2 is 1.78 bits per heavy atom. The van der Waals surface area contributed by atoms with Crippen LogP contribution in [0.2, 0.25) is 0 Å². The van der Waals surface area contributed by atoms with Gasteiger partial charge < -0.3 is 10.7 Å². The van der Waals surface area contributed by atoms with Crippen molar-refractivity contribution in [1.82, 2.24) is 19.9 Å². The second kappa shape index (κ2) is 5.63. The molecule has 18 heavy (non-hydrogen) atoms. The summed E-state index contributed by atoms with van der Waals surface area (Å²) in [6.07, 6.45) is 4.98. The molecule has 0 bridgehead atoms. The Kier molecular flexibility index (Phi) is 3.93. The van der Waals surface area contributed by atoms with Gasteiger partial charge in [0.15, 0.2) is 5.65 Å². The Balaban J connectivity index is 2.04. The molecule has 7 nitrogen and oxygen atoms in total. The molecule has 0 aliphatic heterocycles. The molecule has 0 amide bonds. The van der Waals surface area contributed by atoms with Gasteiger partial charge in [-0.2, -0.15) is 0 Å². The summed E-state index contributed by atoms with van der Waals surface area (Å²) in [6.45, 7) is 0.723. The van der Waals surface area contributed by atoms with Crippen LogP contribution >= 0.6 is 0 Å². The van der Waals surface area contributed by atoms with Gasteiger partial charge in [0.1, 0.15) is 11.3 Å². The fraction of sp³-hybridized carbons (Fsp3) is 0.545. The Labute approximate surface area is 103 Å². The number of H-pyrrole nitrogens is 3. The van der Waals surface area contributed by atoms with E-state index in [1.165, 1.54) is 0 Å². The zero-order valence-corrected chi connectivity index (χ0v) is 10.1. The predicted octanol–water partition coefficient (Wildman–Crippen LogP) is 0.00110. The minimum Gasteiger partial charge on any atom is -0.336 e. The number of aryl methyl sites for hydroxylation is 1. The number of nitrogens with two attached hydrogens (primary N) is 1. The van der Waals surface area contributed by atoms with E-state index in [0.717, 1.165) is 44.5 Å². The molecule has 2 rings (SSSR count). The van der Waals surface area contributed by atoms with Crippen LogP contribution in [0.3, 0.4) is 0 Å². The summed E-state index contributed by atoms with van der Waals surface area (Å²) in [5, 5.41) is 0. The summed E-state index contributed by atoms with van der Waals surface area (Å²) in [5.74, 6) is 0.727. The lowest BCUT2D eigenvalue weighted by Crippen LogP contribution is -2.21. The van der Waals surface area contributed by atoms with E-state index >= 15 is 0 Å². The lowest BCUT2D eigenvalue weighted by Gasteiger charge is -1.97. The van der Waals surface area contributed by atoms with E-state index in [2.05, 4.69) is 19.9 Å². The van der Waals surface area contributed by atoms with Crippen LogP contribution in [0, 0.1) is 0 Å². The van der Waals surface area contributed by atoms with Crippen molar-refractivity contribution >= 4 is 11.2 Å². The minimum atomic E-state index is -0.534. The molecular weight excluding hydrogens is 234 g/mol. The van der Waals surface area contributed by atoms with Gasteiger partial charge in [-0.25, -0.2) is 9.78 Å². The first kappa shape index (κ1) is 12.6. The Bertz CT molecular complexity index is 624. The van der Waals surface area contributed by atoms with E-state index in [1.54, 1.807) is 0 Å². The van der Waals surface area contributed by atoms with Gasteiger partial charge in [-0.05, 0) is 19.4 Å². The van der Waals surface area contributed by atoms with E-state index in [4.69, 9.17) is 5.73 Å². The third-order valence-electron chi connectivity index (χ3n) is 2.81. The average Bonchev–Trinajstić information content (AvgIpc) is 2.72. The van der Waals surface area contributed by atoms with Gasteiger partial charge in [-0.15, -0.1) is 0 Å². The number of hydrogen-bond donors (Lipinski definition) is 4. The number of unbranched alkanes of at least 4 members (excludes halogenated alkanes) is 3. The van der Waals surface area contributed by atoms with Crippen LogP contribution in [0.25, 0.3) is 11.2 Å². The van der Waals surface area contributed by atoms with E-state index < -0.39 is 11.2 Å². The Morgan fingerprint density at radius 3 is 2.56 bits per heavy atom. The molecule has 0 radical (unpaired) electrons. The summed E-state index contributed by atoms with van der Waals surface area (Å²) >= 11 is 0. The van der Waals surface area contributed by atoms with Gasteiger partial charge in [-0.1, -0.05) is 12.8 Å². The zero-order valence-electron chi connectivity index (χ0n) is 10.1. The Hall–Kier alpha value is -1.89. The molecule has 0 unspecified atom stereocenters. The van der Waals surface area contributed by atoms with Gasteiger partial charge in [0.05, 0.1) is 0 Å². The number of aromatic amines is 3. The van der Waals surface area contributed by atoms with Crippen molar-refractivity contribution in [2.24, 2.45) is 5.73 Å². The molecule has 2 aromatic rings. The van der Waals surface area contributed by atoms with Crippen LogP contribution in [-0.4, -0.2) is 26.5 Å². The molecule has 0 atom stereocenters. The molecule has 2 aromatic heterocycles. The molecule has 0 aliphatic rings. The van der Waals surface area contributed by atoms with Gasteiger partial charge in [0, 0.05) is 6.42 Å². The number of rotatable bonds is 6. The SMILES string of the molecule is NCCCCCCc1nc2[nH]c(=O)[nH]c(=O)c2[nH]1. The van der Waals surface area contributed by atoms with Crippen molar-refractivity contribution in [3.63, 3.8) is 0 Å². The lowest BCUT2D eigenvalue weighted by molar-refractivity contribution is 0.638. The Morgan fingerprint density at radius 1 is 1.00 bits per heavy atom. The van der Waals surface area contributed by atoms with Gasteiger partial charge >= 0.3 is 5.69 Å². The molecule has 0 saturated carbocycles. The van der Waals surface area contributed by atoms with Crippen LogP contribution in [0.15, 0.2) is 9.59 Å². The minimum absolute atomic E-state index is 0.320.